The van der Waals surface area contributed by atoms with Crippen LogP contribution in [0.5, 0.6) is 0 Å². The number of rotatable bonds is 4. The highest BCUT2D eigenvalue weighted by Crippen LogP contribution is 2.08. The molecule has 0 aliphatic rings. The molecular weight excluding hydrogens is 231 g/mol. The van der Waals surface area contributed by atoms with Gasteiger partial charge in [-0.15, -0.1) is 0 Å². The summed E-state index contributed by atoms with van der Waals surface area (Å²) in [5.74, 6) is -0.856. The van der Waals surface area contributed by atoms with Crippen LogP contribution in [0.2, 0.25) is 0 Å². The van der Waals surface area contributed by atoms with Crippen molar-refractivity contribution in [2.24, 2.45) is 0 Å². The molecule has 0 bridgehead atoms. The number of hydrogen-bond acceptors (Lipinski definition) is 3. The maximum absolute atomic E-state index is 12.8. The molecule has 0 saturated heterocycles. The second kappa shape index (κ2) is 4.74. The van der Waals surface area contributed by atoms with Crippen LogP contribution in [0.25, 0.3) is 0 Å². The molecule has 0 saturated carbocycles. The fourth-order valence-electron chi connectivity index (χ4n) is 1.23. The van der Waals surface area contributed by atoms with Gasteiger partial charge >= 0.3 is 0 Å². The highest BCUT2D eigenvalue weighted by Gasteiger charge is 2.23. The predicted molar refractivity (Wildman–Crippen MR) is 59.4 cm³/mol. The third-order valence-electron chi connectivity index (χ3n) is 2.36. The fourth-order valence-corrected chi connectivity index (χ4v) is 1.79. The summed E-state index contributed by atoms with van der Waals surface area (Å²) in [6.45, 7) is 1.34. The first-order valence-corrected chi connectivity index (χ1v) is 6.72. The van der Waals surface area contributed by atoms with Gasteiger partial charge < -0.3 is 0 Å². The van der Waals surface area contributed by atoms with Gasteiger partial charge in [0.2, 0.25) is 0 Å². The molecule has 0 spiro atoms. The van der Waals surface area contributed by atoms with Crippen LogP contribution >= 0.6 is 0 Å². The van der Waals surface area contributed by atoms with Gasteiger partial charge in [0.05, 0.1) is 0 Å². The summed E-state index contributed by atoms with van der Waals surface area (Å²) in [4.78, 5) is 11.6. The molecule has 16 heavy (non-hydrogen) atoms. The zero-order valence-corrected chi connectivity index (χ0v) is 9.92. The van der Waals surface area contributed by atoms with Gasteiger partial charge in [0, 0.05) is 12.7 Å². The van der Waals surface area contributed by atoms with E-state index >= 15 is 0 Å². The van der Waals surface area contributed by atoms with E-state index in [-0.39, 0.29) is 6.42 Å². The van der Waals surface area contributed by atoms with E-state index in [2.05, 4.69) is 0 Å². The minimum atomic E-state index is -3.38. The molecule has 0 fully saturated rings. The third kappa shape index (κ3) is 3.41. The summed E-state index contributed by atoms with van der Waals surface area (Å²) < 4.78 is 35.1. The van der Waals surface area contributed by atoms with Crippen LogP contribution in [-0.4, -0.2) is 25.7 Å². The van der Waals surface area contributed by atoms with Gasteiger partial charge in [-0.3, -0.25) is 4.79 Å². The Labute approximate surface area is 94.2 Å². The Kier molecular flexibility index (Phi) is 3.80. The quantitative estimate of drug-likeness (QED) is 0.803. The zero-order valence-electron chi connectivity index (χ0n) is 9.10. The highest BCUT2D eigenvalue weighted by atomic mass is 32.2. The standard InChI is InChI=1S/C11H13FO3S/c1-8(16(2,14)15)11(13)7-9-4-3-5-10(12)6-9/h3-6,8H,7H2,1-2H3. The average Bonchev–Trinajstić information content (AvgIpc) is 2.15. The number of Topliss-reactive ketones (excluding diaryl/α,β-unsaturated/α-hetero) is 1. The molecule has 5 heteroatoms. The maximum atomic E-state index is 12.8. The molecule has 0 N–H and O–H groups in total. The lowest BCUT2D eigenvalue weighted by Crippen LogP contribution is -2.27. The van der Waals surface area contributed by atoms with E-state index in [1.54, 1.807) is 6.07 Å². The lowest BCUT2D eigenvalue weighted by atomic mass is 10.1. The molecule has 0 aromatic heterocycles. The summed E-state index contributed by atoms with van der Waals surface area (Å²) in [6, 6.07) is 5.58. The van der Waals surface area contributed by atoms with E-state index in [4.69, 9.17) is 0 Å². The Hall–Kier alpha value is -1.23. The van der Waals surface area contributed by atoms with Crippen LogP contribution in [-0.2, 0) is 21.1 Å². The highest BCUT2D eigenvalue weighted by molar-refractivity contribution is 7.92. The van der Waals surface area contributed by atoms with Gasteiger partial charge in [0.15, 0.2) is 15.6 Å². The first-order valence-electron chi connectivity index (χ1n) is 4.76. The van der Waals surface area contributed by atoms with E-state index < -0.39 is 26.7 Å². The van der Waals surface area contributed by atoms with Gasteiger partial charge in [-0.25, -0.2) is 12.8 Å². The summed E-state index contributed by atoms with van der Waals surface area (Å²) in [5, 5.41) is -1.05. The van der Waals surface area contributed by atoms with Crippen molar-refractivity contribution in [1.82, 2.24) is 0 Å². The van der Waals surface area contributed by atoms with Crippen LogP contribution in [0, 0.1) is 5.82 Å². The van der Waals surface area contributed by atoms with Crippen LogP contribution in [0.1, 0.15) is 12.5 Å². The summed E-state index contributed by atoms with van der Waals surface area (Å²) in [6.07, 6.45) is 0.952. The van der Waals surface area contributed by atoms with Gasteiger partial charge in [0.25, 0.3) is 0 Å². The number of carbonyl (C=O) groups excluding carboxylic acids is 1. The van der Waals surface area contributed by atoms with Crippen LogP contribution in [0.3, 0.4) is 0 Å². The summed E-state index contributed by atoms with van der Waals surface area (Å²) in [7, 11) is -3.38. The molecule has 0 aliphatic carbocycles. The fraction of sp³-hybridized carbons (Fsp3) is 0.364. The van der Waals surface area contributed by atoms with Crippen molar-refractivity contribution in [1.29, 1.82) is 0 Å². The molecule has 0 heterocycles. The van der Waals surface area contributed by atoms with Gasteiger partial charge in [-0.1, -0.05) is 12.1 Å². The largest absolute Gasteiger partial charge is 0.298 e. The molecule has 0 amide bonds. The second-order valence-corrected chi connectivity index (χ2v) is 6.11. The summed E-state index contributed by atoms with van der Waals surface area (Å²) >= 11 is 0. The molecule has 1 atom stereocenters. The SMILES string of the molecule is CC(C(=O)Cc1cccc(F)c1)S(C)(=O)=O. The Morgan fingerprint density at radius 2 is 2.06 bits per heavy atom. The smallest absolute Gasteiger partial charge is 0.157 e. The molecule has 1 rings (SSSR count). The van der Waals surface area contributed by atoms with E-state index in [0.29, 0.717) is 5.56 Å². The Bertz CT molecular complexity index is 494. The average molecular weight is 244 g/mol. The van der Waals surface area contributed by atoms with E-state index in [0.717, 1.165) is 6.26 Å². The van der Waals surface area contributed by atoms with E-state index in [9.17, 15) is 17.6 Å². The minimum absolute atomic E-state index is 0.0635. The van der Waals surface area contributed by atoms with Crippen molar-refractivity contribution in [3.63, 3.8) is 0 Å². The number of carbonyl (C=O) groups is 1. The van der Waals surface area contributed by atoms with Crippen molar-refractivity contribution in [2.45, 2.75) is 18.6 Å². The maximum Gasteiger partial charge on any atom is 0.157 e. The summed E-state index contributed by atoms with van der Waals surface area (Å²) in [5.41, 5.74) is 0.487. The monoisotopic (exact) mass is 244 g/mol. The van der Waals surface area contributed by atoms with Crippen molar-refractivity contribution < 1.29 is 17.6 Å². The molecule has 0 radical (unpaired) electrons. The first kappa shape index (κ1) is 12.8. The van der Waals surface area contributed by atoms with Crippen molar-refractivity contribution >= 4 is 15.6 Å². The van der Waals surface area contributed by atoms with Crippen molar-refractivity contribution in [3.05, 3.63) is 35.6 Å². The molecule has 1 aromatic carbocycles. The Morgan fingerprint density at radius 1 is 1.44 bits per heavy atom. The van der Waals surface area contributed by atoms with E-state index in [1.807, 2.05) is 0 Å². The Morgan fingerprint density at radius 3 is 2.56 bits per heavy atom. The van der Waals surface area contributed by atoms with Crippen molar-refractivity contribution in [3.8, 4) is 0 Å². The number of benzene rings is 1. The van der Waals surface area contributed by atoms with Crippen LogP contribution < -0.4 is 0 Å². The minimum Gasteiger partial charge on any atom is -0.298 e. The lowest BCUT2D eigenvalue weighted by molar-refractivity contribution is -0.117. The second-order valence-electron chi connectivity index (χ2n) is 3.74. The first-order chi connectivity index (χ1) is 7.30. The third-order valence-corrected chi connectivity index (χ3v) is 3.91. The molecule has 3 nitrogen and oxygen atoms in total. The number of halogens is 1. The Balaban J connectivity index is 2.80. The predicted octanol–water partition coefficient (Wildman–Crippen LogP) is 1.37. The van der Waals surface area contributed by atoms with Crippen LogP contribution in [0.4, 0.5) is 4.39 Å². The van der Waals surface area contributed by atoms with Crippen LogP contribution in [0.15, 0.2) is 24.3 Å². The van der Waals surface area contributed by atoms with Gasteiger partial charge in [-0.2, -0.15) is 0 Å². The molecular formula is C11H13FO3S. The molecule has 0 aliphatic heterocycles. The molecule has 88 valence electrons. The number of sulfone groups is 1. The van der Waals surface area contributed by atoms with Gasteiger partial charge in [-0.05, 0) is 24.6 Å². The van der Waals surface area contributed by atoms with E-state index in [1.165, 1.54) is 25.1 Å². The van der Waals surface area contributed by atoms with Crippen molar-refractivity contribution in [2.75, 3.05) is 6.26 Å². The number of ketones is 1. The lowest BCUT2D eigenvalue weighted by Gasteiger charge is -2.08. The normalized spacial score (nSPS) is 13.4. The number of hydrogen-bond donors (Lipinski definition) is 0. The van der Waals surface area contributed by atoms with Gasteiger partial charge in [0.1, 0.15) is 11.1 Å². The topological polar surface area (TPSA) is 51.2 Å². The molecule has 1 aromatic rings. The molecule has 1 unspecified atom stereocenters. The zero-order chi connectivity index (χ0) is 12.3.